The zero-order valence-corrected chi connectivity index (χ0v) is 7.88. The summed E-state index contributed by atoms with van der Waals surface area (Å²) < 4.78 is 0. The van der Waals surface area contributed by atoms with Gasteiger partial charge in [-0.2, -0.15) is 0 Å². The van der Waals surface area contributed by atoms with Crippen molar-refractivity contribution in [2.75, 3.05) is 20.2 Å². The van der Waals surface area contributed by atoms with Gasteiger partial charge < -0.3 is 16.2 Å². The number of nitrogens with two attached hydrogens (primary N) is 1. The van der Waals surface area contributed by atoms with E-state index < -0.39 is 0 Å². The minimum absolute atomic E-state index is 0.239. The monoisotopic (exact) mass is 173 g/mol. The molecule has 0 spiro atoms. The Labute approximate surface area is 73.9 Å². The maximum atomic E-state index is 8.70. The van der Waals surface area contributed by atoms with E-state index in [0.717, 1.165) is 19.4 Å². The Morgan fingerprint density at radius 3 is 2.75 bits per heavy atom. The van der Waals surface area contributed by atoms with Crippen molar-refractivity contribution >= 4 is 5.96 Å². The molecule has 0 radical (unpaired) electrons. The Morgan fingerprint density at radius 2 is 2.33 bits per heavy atom. The Bertz CT molecular complexity index is 136. The average Bonchev–Trinajstić information content (AvgIpc) is 2.11. The van der Waals surface area contributed by atoms with Crippen LogP contribution in [0.3, 0.4) is 0 Å². The molecule has 0 bridgehead atoms. The largest absolute Gasteiger partial charge is 0.396 e. The van der Waals surface area contributed by atoms with Crippen LogP contribution in [-0.2, 0) is 0 Å². The number of rotatable bonds is 5. The van der Waals surface area contributed by atoms with Crippen LogP contribution in [0.5, 0.6) is 0 Å². The lowest BCUT2D eigenvalue weighted by Gasteiger charge is -2.14. The van der Waals surface area contributed by atoms with E-state index in [1.54, 1.807) is 7.05 Å². The summed E-state index contributed by atoms with van der Waals surface area (Å²) in [7, 11) is 1.65. The van der Waals surface area contributed by atoms with E-state index in [-0.39, 0.29) is 6.61 Å². The van der Waals surface area contributed by atoms with Crippen LogP contribution < -0.4 is 11.1 Å². The maximum absolute atomic E-state index is 8.70. The Kier molecular flexibility index (Phi) is 6.47. The van der Waals surface area contributed by atoms with Crippen LogP contribution in [0.1, 0.15) is 19.8 Å². The summed E-state index contributed by atoms with van der Waals surface area (Å²) in [4.78, 5) is 3.78. The number of aliphatic hydroxyl groups excluding tert-OH is 1. The quantitative estimate of drug-likeness (QED) is 0.402. The molecule has 4 nitrogen and oxygen atoms in total. The molecule has 0 heterocycles. The van der Waals surface area contributed by atoms with Gasteiger partial charge in [-0.15, -0.1) is 0 Å². The van der Waals surface area contributed by atoms with Crippen molar-refractivity contribution < 1.29 is 5.11 Å². The Hall–Kier alpha value is -0.770. The second-order valence-electron chi connectivity index (χ2n) is 2.78. The highest BCUT2D eigenvalue weighted by molar-refractivity contribution is 5.77. The Morgan fingerprint density at radius 1 is 1.67 bits per heavy atom. The van der Waals surface area contributed by atoms with Gasteiger partial charge in [-0.3, -0.25) is 4.99 Å². The summed E-state index contributed by atoms with van der Waals surface area (Å²) in [5, 5.41) is 11.7. The molecule has 0 amide bonds. The van der Waals surface area contributed by atoms with Crippen LogP contribution in [0.25, 0.3) is 0 Å². The van der Waals surface area contributed by atoms with Crippen molar-refractivity contribution in [3.63, 3.8) is 0 Å². The first-order valence-corrected chi connectivity index (χ1v) is 4.31. The molecule has 1 unspecified atom stereocenters. The first-order valence-electron chi connectivity index (χ1n) is 4.31. The van der Waals surface area contributed by atoms with E-state index in [4.69, 9.17) is 10.8 Å². The van der Waals surface area contributed by atoms with Gasteiger partial charge >= 0.3 is 0 Å². The molecule has 0 aliphatic carbocycles. The SMILES string of the molecule is CCC(CCO)CNC(N)=NC. The average molecular weight is 173 g/mol. The molecule has 0 aromatic heterocycles. The van der Waals surface area contributed by atoms with Crippen molar-refractivity contribution in [1.82, 2.24) is 5.32 Å². The van der Waals surface area contributed by atoms with Gasteiger partial charge in [0.05, 0.1) is 0 Å². The molecule has 0 aliphatic rings. The lowest BCUT2D eigenvalue weighted by Crippen LogP contribution is -2.35. The lowest BCUT2D eigenvalue weighted by molar-refractivity contribution is 0.254. The highest BCUT2D eigenvalue weighted by Crippen LogP contribution is 2.04. The molecule has 1 atom stereocenters. The number of nitrogens with one attached hydrogen (secondary N) is 1. The first-order chi connectivity index (χ1) is 5.74. The molecular weight excluding hydrogens is 154 g/mol. The molecule has 0 aromatic rings. The van der Waals surface area contributed by atoms with Crippen molar-refractivity contribution in [1.29, 1.82) is 0 Å². The molecule has 0 saturated carbocycles. The molecule has 72 valence electrons. The fourth-order valence-electron chi connectivity index (χ4n) is 0.961. The van der Waals surface area contributed by atoms with Gasteiger partial charge in [-0.1, -0.05) is 13.3 Å². The van der Waals surface area contributed by atoms with E-state index >= 15 is 0 Å². The van der Waals surface area contributed by atoms with E-state index in [0.29, 0.717) is 11.9 Å². The van der Waals surface area contributed by atoms with Crippen LogP contribution in [0, 0.1) is 5.92 Å². The third kappa shape index (κ3) is 4.96. The molecule has 0 rings (SSSR count). The third-order valence-corrected chi connectivity index (χ3v) is 1.93. The zero-order valence-electron chi connectivity index (χ0n) is 7.88. The van der Waals surface area contributed by atoms with Gasteiger partial charge in [0.15, 0.2) is 5.96 Å². The standard InChI is InChI=1S/C8H19N3O/c1-3-7(4-5-12)6-11-8(9)10-2/h7,12H,3-6H2,1-2H3,(H3,9,10,11). The van der Waals surface area contributed by atoms with E-state index in [1.807, 2.05) is 0 Å². The molecular formula is C8H19N3O. The van der Waals surface area contributed by atoms with Gasteiger partial charge in [-0.25, -0.2) is 0 Å². The second kappa shape index (κ2) is 6.91. The van der Waals surface area contributed by atoms with Gasteiger partial charge in [0.25, 0.3) is 0 Å². The van der Waals surface area contributed by atoms with Crippen molar-refractivity contribution in [2.24, 2.45) is 16.6 Å². The van der Waals surface area contributed by atoms with E-state index in [9.17, 15) is 0 Å². The zero-order chi connectivity index (χ0) is 9.40. The predicted octanol–water partition coefficient (Wildman–Crippen LogP) is -0.0709. The second-order valence-corrected chi connectivity index (χ2v) is 2.78. The summed E-state index contributed by atoms with van der Waals surface area (Å²) in [5.74, 6) is 0.946. The highest BCUT2D eigenvalue weighted by Gasteiger charge is 2.04. The van der Waals surface area contributed by atoms with Crippen LogP contribution in [0.4, 0.5) is 0 Å². The molecule has 4 N–H and O–H groups in total. The van der Waals surface area contributed by atoms with E-state index in [2.05, 4.69) is 17.2 Å². The first kappa shape index (κ1) is 11.2. The maximum Gasteiger partial charge on any atom is 0.188 e. The smallest absolute Gasteiger partial charge is 0.188 e. The van der Waals surface area contributed by atoms with Crippen LogP contribution >= 0.6 is 0 Å². The van der Waals surface area contributed by atoms with Crippen molar-refractivity contribution in [3.8, 4) is 0 Å². The fourth-order valence-corrected chi connectivity index (χ4v) is 0.961. The van der Waals surface area contributed by atoms with Gasteiger partial charge in [0, 0.05) is 20.2 Å². The van der Waals surface area contributed by atoms with Crippen LogP contribution in [0.15, 0.2) is 4.99 Å². The minimum atomic E-state index is 0.239. The number of aliphatic imine (C=N–C) groups is 1. The number of aliphatic hydroxyl groups is 1. The number of nitrogens with zero attached hydrogens (tertiary/aromatic N) is 1. The number of hydrogen-bond acceptors (Lipinski definition) is 2. The molecule has 12 heavy (non-hydrogen) atoms. The third-order valence-electron chi connectivity index (χ3n) is 1.93. The topological polar surface area (TPSA) is 70.6 Å². The highest BCUT2D eigenvalue weighted by atomic mass is 16.3. The summed E-state index contributed by atoms with van der Waals surface area (Å²) in [6.45, 7) is 3.13. The molecule has 0 fully saturated rings. The Balaban J connectivity index is 3.57. The summed E-state index contributed by atoms with van der Waals surface area (Å²) >= 11 is 0. The number of guanidine groups is 1. The number of hydrogen-bond donors (Lipinski definition) is 3. The minimum Gasteiger partial charge on any atom is -0.396 e. The van der Waals surface area contributed by atoms with Gasteiger partial charge in [-0.05, 0) is 12.3 Å². The summed E-state index contributed by atoms with van der Waals surface area (Å²) in [6, 6.07) is 0. The van der Waals surface area contributed by atoms with Gasteiger partial charge in [0.1, 0.15) is 0 Å². The van der Waals surface area contributed by atoms with Crippen molar-refractivity contribution in [3.05, 3.63) is 0 Å². The fraction of sp³-hybridized carbons (Fsp3) is 0.875. The normalized spacial score (nSPS) is 14.4. The van der Waals surface area contributed by atoms with Crippen LogP contribution in [0.2, 0.25) is 0 Å². The molecule has 4 heteroatoms. The molecule has 0 aliphatic heterocycles. The van der Waals surface area contributed by atoms with Gasteiger partial charge in [0.2, 0.25) is 0 Å². The lowest BCUT2D eigenvalue weighted by atomic mass is 10.0. The van der Waals surface area contributed by atoms with E-state index in [1.165, 1.54) is 0 Å². The summed E-state index contributed by atoms with van der Waals surface area (Å²) in [5.41, 5.74) is 5.45. The van der Waals surface area contributed by atoms with Crippen molar-refractivity contribution in [2.45, 2.75) is 19.8 Å². The predicted molar refractivity (Wildman–Crippen MR) is 51.0 cm³/mol. The summed E-state index contributed by atoms with van der Waals surface area (Å²) in [6.07, 6.45) is 1.87. The molecule has 0 aromatic carbocycles. The van der Waals surface area contributed by atoms with Crippen LogP contribution in [-0.4, -0.2) is 31.3 Å². The molecule has 0 saturated heterocycles.